The van der Waals surface area contributed by atoms with Gasteiger partial charge in [0, 0.05) is 11.4 Å². The molecule has 2 N–H and O–H groups in total. The fourth-order valence-corrected chi connectivity index (χ4v) is 2.74. The maximum absolute atomic E-state index is 5.38. The van der Waals surface area contributed by atoms with E-state index < -0.39 is 0 Å². The number of rotatable bonds is 4. The zero-order valence-corrected chi connectivity index (χ0v) is 12.9. The quantitative estimate of drug-likeness (QED) is 0.740. The Kier molecular flexibility index (Phi) is 3.45. The lowest BCUT2D eigenvalue weighted by molar-refractivity contribution is 0.518. The van der Waals surface area contributed by atoms with E-state index in [4.69, 9.17) is 4.42 Å². The lowest BCUT2D eigenvalue weighted by atomic mass is 10.1. The topological polar surface area (TPSA) is 53.9 Å². The first-order valence-corrected chi connectivity index (χ1v) is 7.32. The number of nitrogens with zero attached hydrogens (tertiary/aromatic N) is 1. The van der Waals surface area contributed by atoms with Gasteiger partial charge in [0.1, 0.15) is 5.76 Å². The fraction of sp³-hybridized carbons (Fsp3) is 0.353. The van der Waals surface area contributed by atoms with Crippen LogP contribution in [0.3, 0.4) is 0 Å². The smallest absolute Gasteiger partial charge is 0.122 e. The van der Waals surface area contributed by atoms with Crippen LogP contribution in [0, 0.1) is 13.8 Å². The minimum atomic E-state index is 0.456. The molecule has 0 fully saturated rings. The predicted molar refractivity (Wildman–Crippen MR) is 85.7 cm³/mol. The highest BCUT2D eigenvalue weighted by Gasteiger charge is 2.15. The van der Waals surface area contributed by atoms with E-state index in [0.29, 0.717) is 12.5 Å². The highest BCUT2D eigenvalue weighted by Crippen LogP contribution is 2.30. The van der Waals surface area contributed by atoms with Crippen molar-refractivity contribution in [1.29, 1.82) is 0 Å². The van der Waals surface area contributed by atoms with Gasteiger partial charge in [-0.2, -0.15) is 0 Å². The third-order valence-electron chi connectivity index (χ3n) is 3.78. The van der Waals surface area contributed by atoms with E-state index >= 15 is 0 Å². The summed E-state index contributed by atoms with van der Waals surface area (Å²) in [7, 11) is 0. The first kappa shape index (κ1) is 13.7. The Morgan fingerprint density at radius 1 is 1.33 bits per heavy atom. The maximum Gasteiger partial charge on any atom is 0.122 e. The molecule has 3 aromatic rings. The van der Waals surface area contributed by atoms with Crippen molar-refractivity contribution >= 4 is 16.7 Å². The molecule has 0 amide bonds. The highest BCUT2D eigenvalue weighted by atomic mass is 16.3. The van der Waals surface area contributed by atoms with Gasteiger partial charge in [-0.15, -0.1) is 0 Å². The monoisotopic (exact) mass is 283 g/mol. The van der Waals surface area contributed by atoms with Crippen LogP contribution in [-0.4, -0.2) is 9.97 Å². The van der Waals surface area contributed by atoms with Crippen molar-refractivity contribution in [3.8, 4) is 0 Å². The zero-order chi connectivity index (χ0) is 15.0. The molecule has 0 spiro atoms. The van der Waals surface area contributed by atoms with E-state index in [2.05, 4.69) is 42.1 Å². The van der Waals surface area contributed by atoms with Crippen molar-refractivity contribution < 1.29 is 4.42 Å². The molecule has 0 bridgehead atoms. The Morgan fingerprint density at radius 3 is 2.81 bits per heavy atom. The van der Waals surface area contributed by atoms with Crippen LogP contribution in [0.2, 0.25) is 0 Å². The Hall–Kier alpha value is -2.23. The Bertz CT molecular complexity index is 754. The van der Waals surface area contributed by atoms with Gasteiger partial charge in [-0.3, -0.25) is 4.98 Å². The minimum absolute atomic E-state index is 0.456. The molecule has 0 atom stereocenters. The van der Waals surface area contributed by atoms with Crippen LogP contribution < -0.4 is 5.32 Å². The highest BCUT2D eigenvalue weighted by molar-refractivity contribution is 5.91. The van der Waals surface area contributed by atoms with Gasteiger partial charge in [0.05, 0.1) is 29.5 Å². The van der Waals surface area contributed by atoms with Crippen LogP contribution in [0.15, 0.2) is 28.9 Å². The first-order chi connectivity index (χ1) is 10.1. The molecule has 0 radical (unpaired) electrons. The minimum Gasteiger partial charge on any atom is -0.467 e. The summed E-state index contributed by atoms with van der Waals surface area (Å²) >= 11 is 0. The molecule has 0 saturated carbocycles. The van der Waals surface area contributed by atoms with Crippen LogP contribution in [0.1, 0.15) is 42.5 Å². The number of hydrogen-bond acceptors (Lipinski definition) is 3. The molecule has 0 aliphatic heterocycles. The van der Waals surface area contributed by atoms with Gasteiger partial charge >= 0.3 is 0 Å². The van der Waals surface area contributed by atoms with E-state index in [1.54, 1.807) is 6.26 Å². The third kappa shape index (κ3) is 2.53. The second-order valence-corrected chi connectivity index (χ2v) is 5.79. The molecule has 0 aromatic carbocycles. The molecule has 3 heterocycles. The molecule has 4 nitrogen and oxygen atoms in total. The maximum atomic E-state index is 5.38. The average molecular weight is 283 g/mol. The van der Waals surface area contributed by atoms with E-state index in [9.17, 15) is 0 Å². The lowest BCUT2D eigenvalue weighted by Crippen LogP contribution is -2.00. The van der Waals surface area contributed by atoms with Crippen LogP contribution in [-0.2, 0) is 6.54 Å². The molecule has 3 rings (SSSR count). The van der Waals surface area contributed by atoms with Crippen molar-refractivity contribution in [1.82, 2.24) is 9.97 Å². The summed E-state index contributed by atoms with van der Waals surface area (Å²) < 4.78 is 5.38. The van der Waals surface area contributed by atoms with Crippen molar-refractivity contribution in [2.24, 2.45) is 0 Å². The summed E-state index contributed by atoms with van der Waals surface area (Å²) in [6, 6.07) is 5.95. The number of aromatic nitrogens is 2. The number of hydrogen-bond donors (Lipinski definition) is 2. The zero-order valence-electron chi connectivity index (χ0n) is 12.9. The predicted octanol–water partition coefficient (Wildman–Crippen LogP) is 4.51. The van der Waals surface area contributed by atoms with Crippen molar-refractivity contribution in [3.63, 3.8) is 0 Å². The SMILES string of the molecule is Cc1cc(NCc2ccco2)c2[nH]c(C(C)C)c(C)c2n1. The lowest BCUT2D eigenvalue weighted by Gasteiger charge is -2.07. The number of H-pyrrole nitrogens is 1. The standard InChI is InChI=1S/C17H21N3O/c1-10(2)15-12(4)16-17(20-15)14(8-11(3)19-16)18-9-13-6-5-7-21-13/h5-8,10,20H,9H2,1-4H3,(H,18,19). The van der Waals surface area contributed by atoms with Gasteiger partial charge in [0.25, 0.3) is 0 Å². The molecular formula is C17H21N3O. The van der Waals surface area contributed by atoms with Crippen LogP contribution >= 0.6 is 0 Å². The molecule has 21 heavy (non-hydrogen) atoms. The normalized spacial score (nSPS) is 11.5. The fourth-order valence-electron chi connectivity index (χ4n) is 2.74. The van der Waals surface area contributed by atoms with E-state index in [1.165, 1.54) is 11.3 Å². The van der Waals surface area contributed by atoms with E-state index in [0.717, 1.165) is 28.2 Å². The number of aromatic amines is 1. The summed E-state index contributed by atoms with van der Waals surface area (Å²) in [5, 5.41) is 3.45. The molecule has 4 heteroatoms. The van der Waals surface area contributed by atoms with Crippen molar-refractivity contribution in [2.75, 3.05) is 5.32 Å². The molecular weight excluding hydrogens is 262 g/mol. The second-order valence-electron chi connectivity index (χ2n) is 5.79. The van der Waals surface area contributed by atoms with Crippen LogP contribution in [0.25, 0.3) is 11.0 Å². The second kappa shape index (κ2) is 5.28. The number of anilines is 1. The largest absolute Gasteiger partial charge is 0.467 e. The van der Waals surface area contributed by atoms with Crippen LogP contribution in [0.5, 0.6) is 0 Å². The molecule has 110 valence electrons. The third-order valence-corrected chi connectivity index (χ3v) is 3.78. The summed E-state index contributed by atoms with van der Waals surface area (Å²) in [5.41, 5.74) is 6.72. The van der Waals surface area contributed by atoms with Crippen LogP contribution in [0.4, 0.5) is 5.69 Å². The molecule has 0 unspecified atom stereocenters. The molecule has 0 aliphatic rings. The number of furan rings is 1. The number of aryl methyl sites for hydroxylation is 2. The number of pyridine rings is 1. The number of nitrogens with one attached hydrogen (secondary N) is 2. The van der Waals surface area contributed by atoms with Crippen molar-refractivity contribution in [3.05, 3.63) is 47.2 Å². The molecule has 3 aromatic heterocycles. The summed E-state index contributed by atoms with van der Waals surface area (Å²) in [6.07, 6.45) is 1.69. The van der Waals surface area contributed by atoms with Gasteiger partial charge in [-0.05, 0) is 43.5 Å². The van der Waals surface area contributed by atoms with Gasteiger partial charge in [0.2, 0.25) is 0 Å². The molecule has 0 saturated heterocycles. The molecule has 0 aliphatic carbocycles. The Labute approximate surface area is 124 Å². The number of fused-ring (bicyclic) bond motifs is 1. The summed E-state index contributed by atoms with van der Waals surface area (Å²) in [6.45, 7) is 9.22. The van der Waals surface area contributed by atoms with Crippen molar-refractivity contribution in [2.45, 2.75) is 40.2 Å². The summed E-state index contributed by atoms with van der Waals surface area (Å²) in [5.74, 6) is 1.38. The van der Waals surface area contributed by atoms with Gasteiger partial charge in [-0.25, -0.2) is 0 Å². The van der Waals surface area contributed by atoms with E-state index in [1.807, 2.05) is 19.1 Å². The Balaban J connectivity index is 2.02. The van der Waals surface area contributed by atoms with Gasteiger partial charge < -0.3 is 14.7 Å². The first-order valence-electron chi connectivity index (χ1n) is 7.32. The Morgan fingerprint density at radius 2 is 2.14 bits per heavy atom. The summed E-state index contributed by atoms with van der Waals surface area (Å²) in [4.78, 5) is 8.22. The van der Waals surface area contributed by atoms with Gasteiger partial charge in [0.15, 0.2) is 0 Å². The van der Waals surface area contributed by atoms with Gasteiger partial charge in [-0.1, -0.05) is 13.8 Å². The average Bonchev–Trinajstić information content (AvgIpc) is 3.05. The van der Waals surface area contributed by atoms with E-state index in [-0.39, 0.29) is 0 Å².